The highest BCUT2D eigenvalue weighted by molar-refractivity contribution is 7.90. The highest BCUT2D eigenvalue weighted by Crippen LogP contribution is 2.22. The van der Waals surface area contributed by atoms with Crippen LogP contribution in [0, 0.1) is 0 Å². The van der Waals surface area contributed by atoms with Crippen molar-refractivity contribution in [3.63, 3.8) is 0 Å². The molecule has 0 aliphatic rings. The fourth-order valence-electron chi connectivity index (χ4n) is 1.75. The van der Waals surface area contributed by atoms with E-state index in [0.29, 0.717) is 12.3 Å². The second-order valence-electron chi connectivity index (χ2n) is 4.37. The first-order chi connectivity index (χ1) is 9.50. The van der Waals surface area contributed by atoms with E-state index < -0.39 is 9.84 Å². The van der Waals surface area contributed by atoms with Crippen LogP contribution < -0.4 is 10.5 Å². The van der Waals surface area contributed by atoms with Gasteiger partial charge in [0, 0.05) is 30.8 Å². The van der Waals surface area contributed by atoms with Crippen molar-refractivity contribution in [2.24, 2.45) is 5.73 Å². The molecule has 0 amide bonds. The highest BCUT2D eigenvalue weighted by atomic mass is 32.2. The first kappa shape index (κ1) is 14.5. The van der Waals surface area contributed by atoms with Crippen LogP contribution in [0.2, 0.25) is 0 Å². The summed E-state index contributed by atoms with van der Waals surface area (Å²) < 4.78 is 28.5. The van der Waals surface area contributed by atoms with E-state index in [0.717, 1.165) is 5.56 Å². The molecule has 1 unspecified atom stereocenters. The van der Waals surface area contributed by atoms with Crippen molar-refractivity contribution in [1.82, 2.24) is 4.98 Å². The monoisotopic (exact) mass is 292 g/mol. The van der Waals surface area contributed by atoms with Gasteiger partial charge in [0.15, 0.2) is 9.84 Å². The van der Waals surface area contributed by atoms with Crippen LogP contribution in [0.5, 0.6) is 5.75 Å². The van der Waals surface area contributed by atoms with Gasteiger partial charge < -0.3 is 10.5 Å². The summed E-state index contributed by atoms with van der Waals surface area (Å²) in [5, 5.41) is 0. The minimum absolute atomic E-state index is 0.260. The van der Waals surface area contributed by atoms with Gasteiger partial charge in [0.25, 0.3) is 0 Å². The summed E-state index contributed by atoms with van der Waals surface area (Å²) in [6.07, 6.45) is 4.23. The van der Waals surface area contributed by atoms with Crippen LogP contribution in [0.3, 0.4) is 0 Å². The van der Waals surface area contributed by atoms with Gasteiger partial charge >= 0.3 is 0 Å². The molecular weight excluding hydrogens is 276 g/mol. The fraction of sp³-hybridized carbons (Fsp3) is 0.214. The van der Waals surface area contributed by atoms with E-state index >= 15 is 0 Å². The SMILES string of the molecule is CS(=O)(=O)c1ccc(OC(CN)c2cccnc2)cc1. The van der Waals surface area contributed by atoms with Crippen molar-refractivity contribution in [2.75, 3.05) is 12.8 Å². The van der Waals surface area contributed by atoms with Crippen LogP contribution in [0.25, 0.3) is 0 Å². The van der Waals surface area contributed by atoms with Crippen molar-refractivity contribution in [1.29, 1.82) is 0 Å². The number of nitrogens with two attached hydrogens (primary N) is 1. The van der Waals surface area contributed by atoms with Crippen molar-refractivity contribution in [2.45, 2.75) is 11.0 Å². The minimum atomic E-state index is -3.20. The molecule has 0 radical (unpaired) electrons. The Morgan fingerprint density at radius 1 is 1.25 bits per heavy atom. The third-order valence-electron chi connectivity index (χ3n) is 2.80. The Hall–Kier alpha value is -1.92. The number of aromatic nitrogens is 1. The number of sulfone groups is 1. The average Bonchev–Trinajstić information content (AvgIpc) is 2.45. The van der Waals surface area contributed by atoms with Gasteiger partial charge in [0.2, 0.25) is 0 Å². The first-order valence-electron chi connectivity index (χ1n) is 6.07. The average molecular weight is 292 g/mol. The number of benzene rings is 1. The van der Waals surface area contributed by atoms with E-state index in [1.54, 1.807) is 24.5 Å². The maximum Gasteiger partial charge on any atom is 0.175 e. The van der Waals surface area contributed by atoms with Crippen molar-refractivity contribution < 1.29 is 13.2 Å². The Balaban J connectivity index is 2.17. The minimum Gasteiger partial charge on any atom is -0.484 e. The highest BCUT2D eigenvalue weighted by Gasteiger charge is 2.12. The summed E-state index contributed by atoms with van der Waals surface area (Å²) in [5.74, 6) is 0.566. The normalized spacial score (nSPS) is 12.9. The van der Waals surface area contributed by atoms with Gasteiger partial charge in [-0.1, -0.05) is 6.07 Å². The molecule has 0 aliphatic heterocycles. The van der Waals surface area contributed by atoms with Crippen LogP contribution in [0.15, 0.2) is 53.7 Å². The van der Waals surface area contributed by atoms with Crippen LogP contribution in [0.1, 0.15) is 11.7 Å². The van der Waals surface area contributed by atoms with Gasteiger partial charge in [0.05, 0.1) is 4.90 Å². The molecular formula is C14H16N2O3S. The lowest BCUT2D eigenvalue weighted by Crippen LogP contribution is -2.18. The fourth-order valence-corrected chi connectivity index (χ4v) is 2.38. The Labute approximate surface area is 118 Å². The molecule has 5 nitrogen and oxygen atoms in total. The first-order valence-corrected chi connectivity index (χ1v) is 7.96. The van der Waals surface area contributed by atoms with Gasteiger partial charge in [-0.15, -0.1) is 0 Å². The second kappa shape index (κ2) is 6.02. The van der Waals surface area contributed by atoms with Gasteiger partial charge in [-0.05, 0) is 30.3 Å². The maximum absolute atomic E-state index is 11.4. The topological polar surface area (TPSA) is 82.3 Å². The molecule has 0 fully saturated rings. The van der Waals surface area contributed by atoms with E-state index in [1.807, 2.05) is 12.1 Å². The van der Waals surface area contributed by atoms with Crippen LogP contribution in [-0.4, -0.2) is 26.2 Å². The number of hydrogen-bond donors (Lipinski definition) is 1. The summed E-state index contributed by atoms with van der Waals surface area (Å²) >= 11 is 0. The molecule has 0 aliphatic carbocycles. The Morgan fingerprint density at radius 3 is 2.45 bits per heavy atom. The molecule has 0 bridgehead atoms. The van der Waals surface area contributed by atoms with Crippen molar-refractivity contribution in [3.8, 4) is 5.75 Å². The largest absolute Gasteiger partial charge is 0.484 e. The van der Waals surface area contributed by atoms with Gasteiger partial charge in [-0.25, -0.2) is 8.42 Å². The second-order valence-corrected chi connectivity index (χ2v) is 6.39. The van der Waals surface area contributed by atoms with Crippen LogP contribution in [0.4, 0.5) is 0 Å². The number of ether oxygens (including phenoxy) is 1. The molecule has 2 rings (SSSR count). The molecule has 20 heavy (non-hydrogen) atoms. The molecule has 0 saturated heterocycles. The lowest BCUT2D eigenvalue weighted by atomic mass is 10.1. The zero-order valence-electron chi connectivity index (χ0n) is 11.1. The summed E-state index contributed by atoms with van der Waals surface area (Å²) in [6.45, 7) is 0.305. The van der Waals surface area contributed by atoms with Gasteiger partial charge in [-0.2, -0.15) is 0 Å². The standard InChI is InChI=1S/C14H16N2O3S/c1-20(17,18)13-6-4-12(5-7-13)19-14(9-15)11-3-2-8-16-10-11/h2-8,10,14H,9,15H2,1H3. The zero-order valence-corrected chi connectivity index (χ0v) is 11.9. The molecule has 0 saturated carbocycles. The zero-order chi connectivity index (χ0) is 14.6. The summed E-state index contributed by atoms with van der Waals surface area (Å²) in [7, 11) is -3.20. The number of rotatable bonds is 5. The van der Waals surface area contributed by atoms with Crippen LogP contribution >= 0.6 is 0 Å². The molecule has 0 spiro atoms. The molecule has 106 valence electrons. The Morgan fingerprint density at radius 2 is 1.95 bits per heavy atom. The Kier molecular flexibility index (Phi) is 4.36. The lowest BCUT2D eigenvalue weighted by molar-refractivity contribution is 0.213. The van der Waals surface area contributed by atoms with E-state index in [4.69, 9.17) is 10.5 Å². The summed E-state index contributed by atoms with van der Waals surface area (Å²) in [6, 6.07) is 9.97. The summed E-state index contributed by atoms with van der Waals surface area (Å²) in [5.41, 5.74) is 6.58. The molecule has 1 atom stereocenters. The van der Waals surface area contributed by atoms with E-state index in [1.165, 1.54) is 18.4 Å². The Bertz CT molecular complexity index is 655. The number of hydrogen-bond acceptors (Lipinski definition) is 5. The van der Waals surface area contributed by atoms with Gasteiger partial charge in [-0.3, -0.25) is 4.98 Å². The van der Waals surface area contributed by atoms with Crippen LogP contribution in [-0.2, 0) is 9.84 Å². The number of nitrogens with zero attached hydrogens (tertiary/aromatic N) is 1. The summed E-state index contributed by atoms with van der Waals surface area (Å²) in [4.78, 5) is 4.29. The molecule has 2 aromatic rings. The van der Waals surface area contributed by atoms with E-state index in [9.17, 15) is 8.42 Å². The molecule has 1 heterocycles. The predicted octanol–water partition coefficient (Wildman–Crippen LogP) is 1.56. The third-order valence-corrected chi connectivity index (χ3v) is 3.93. The molecule has 2 N–H and O–H groups in total. The molecule has 1 aromatic carbocycles. The predicted molar refractivity (Wildman–Crippen MR) is 76.2 cm³/mol. The lowest BCUT2D eigenvalue weighted by Gasteiger charge is -2.17. The van der Waals surface area contributed by atoms with Crippen molar-refractivity contribution >= 4 is 9.84 Å². The number of pyridine rings is 1. The van der Waals surface area contributed by atoms with Crippen molar-refractivity contribution in [3.05, 3.63) is 54.4 Å². The maximum atomic E-state index is 11.4. The molecule has 6 heteroatoms. The smallest absolute Gasteiger partial charge is 0.175 e. The van der Waals surface area contributed by atoms with Gasteiger partial charge in [0.1, 0.15) is 11.9 Å². The molecule has 1 aromatic heterocycles. The van der Waals surface area contributed by atoms with E-state index in [2.05, 4.69) is 4.98 Å². The quantitative estimate of drug-likeness (QED) is 0.904. The third kappa shape index (κ3) is 3.55. The van der Waals surface area contributed by atoms with E-state index in [-0.39, 0.29) is 11.0 Å².